The van der Waals surface area contributed by atoms with E-state index in [1.807, 2.05) is 30.7 Å². The monoisotopic (exact) mass is 642 g/mol. The van der Waals surface area contributed by atoms with E-state index < -0.39 is 0 Å². The first-order chi connectivity index (χ1) is 24.4. The maximum Gasteiger partial charge on any atom is 0.0701 e. The van der Waals surface area contributed by atoms with Crippen molar-refractivity contribution in [3.8, 4) is 33.5 Å². The van der Waals surface area contributed by atoms with Crippen LogP contribution < -0.4 is 0 Å². The Morgan fingerprint density at radius 3 is 1.88 bits per heavy atom. The van der Waals surface area contributed by atoms with E-state index >= 15 is 0 Å². The third-order valence-corrected chi connectivity index (χ3v) is 10.5. The van der Waals surface area contributed by atoms with E-state index in [0.29, 0.717) is 5.92 Å². The first kappa shape index (κ1) is 30.2. The molecule has 0 bridgehead atoms. The zero-order valence-corrected chi connectivity index (χ0v) is 28.7. The third-order valence-electron chi connectivity index (χ3n) is 10.5. The lowest BCUT2D eigenvalue weighted by Gasteiger charge is -2.23. The standard InChI is InChI=1S/C48H38N2/c1-48(2,3)40-28-38-19-21-41-43(35-13-11-32(12-14-35)31-7-9-33(10-8-31)34-23-26-49-27-24-34)30-44(42-22-20-39(29-40)46(38)47(41)42)36-15-17-37(18-16-36)45-6-4-5-25-50-45/h4-11,13-30,32H,12H2,1-3H3. The maximum atomic E-state index is 4.58. The number of rotatable bonds is 5. The molecule has 1 aliphatic rings. The van der Waals surface area contributed by atoms with E-state index in [9.17, 15) is 0 Å². The Bertz CT molecular complexity index is 2530. The lowest BCUT2D eigenvalue weighted by Crippen LogP contribution is -2.10. The van der Waals surface area contributed by atoms with Crippen molar-refractivity contribution in [3.05, 3.63) is 175 Å². The van der Waals surface area contributed by atoms with E-state index in [0.717, 1.165) is 17.7 Å². The zero-order valence-electron chi connectivity index (χ0n) is 28.7. The van der Waals surface area contributed by atoms with Gasteiger partial charge in [0, 0.05) is 30.1 Å². The fourth-order valence-corrected chi connectivity index (χ4v) is 7.71. The number of benzene rings is 6. The first-order valence-corrected chi connectivity index (χ1v) is 17.6. The lowest BCUT2D eigenvalue weighted by molar-refractivity contribution is 0.591. The Hall–Kier alpha value is -5.86. The maximum absolute atomic E-state index is 4.58. The van der Waals surface area contributed by atoms with Crippen LogP contribution in [0, 0.1) is 0 Å². The topological polar surface area (TPSA) is 25.8 Å². The minimum atomic E-state index is 0.0731. The van der Waals surface area contributed by atoms with Gasteiger partial charge in [-0.3, -0.25) is 9.97 Å². The molecule has 1 unspecified atom stereocenters. The molecule has 0 amide bonds. The normalized spacial score (nSPS) is 14.9. The largest absolute Gasteiger partial charge is 0.265 e. The molecule has 9 rings (SSSR count). The molecule has 0 saturated carbocycles. The molecule has 240 valence electrons. The smallest absolute Gasteiger partial charge is 0.0701 e. The molecule has 0 saturated heterocycles. The molecule has 2 heterocycles. The predicted molar refractivity (Wildman–Crippen MR) is 212 cm³/mol. The predicted octanol–water partition coefficient (Wildman–Crippen LogP) is 12.8. The molecule has 2 nitrogen and oxygen atoms in total. The van der Waals surface area contributed by atoms with E-state index in [1.54, 1.807) is 0 Å². The second-order valence-electron chi connectivity index (χ2n) is 14.6. The average molecular weight is 643 g/mol. The number of nitrogens with zero attached hydrogens (tertiary/aromatic N) is 2. The fourth-order valence-electron chi connectivity index (χ4n) is 7.71. The van der Waals surface area contributed by atoms with Gasteiger partial charge < -0.3 is 0 Å². The molecule has 1 aliphatic carbocycles. The minimum Gasteiger partial charge on any atom is -0.265 e. The molecule has 0 fully saturated rings. The fraction of sp³-hybridized carbons (Fsp3) is 0.125. The van der Waals surface area contributed by atoms with Gasteiger partial charge in [-0.1, -0.05) is 130 Å². The summed E-state index contributed by atoms with van der Waals surface area (Å²) in [6.07, 6.45) is 13.7. The van der Waals surface area contributed by atoms with Crippen LogP contribution in [0.1, 0.15) is 49.8 Å². The van der Waals surface area contributed by atoms with E-state index in [2.05, 4.69) is 158 Å². The summed E-state index contributed by atoms with van der Waals surface area (Å²) in [4.78, 5) is 8.75. The molecular weight excluding hydrogens is 605 g/mol. The molecular formula is C48H38N2. The zero-order chi connectivity index (χ0) is 33.8. The van der Waals surface area contributed by atoms with Gasteiger partial charge in [0.2, 0.25) is 0 Å². The third kappa shape index (κ3) is 5.29. The Morgan fingerprint density at radius 2 is 1.24 bits per heavy atom. The van der Waals surface area contributed by atoms with Gasteiger partial charge in [-0.25, -0.2) is 0 Å². The van der Waals surface area contributed by atoms with Crippen LogP contribution in [0.15, 0.2) is 158 Å². The Kier molecular flexibility index (Phi) is 7.21. The van der Waals surface area contributed by atoms with Gasteiger partial charge in [0.1, 0.15) is 0 Å². The highest BCUT2D eigenvalue weighted by Crippen LogP contribution is 2.45. The van der Waals surface area contributed by atoms with Crippen LogP contribution >= 0.6 is 0 Å². The molecule has 50 heavy (non-hydrogen) atoms. The molecule has 1 atom stereocenters. The van der Waals surface area contributed by atoms with Crippen LogP contribution in [-0.4, -0.2) is 9.97 Å². The summed E-state index contributed by atoms with van der Waals surface area (Å²) < 4.78 is 0. The molecule has 0 radical (unpaired) electrons. The van der Waals surface area contributed by atoms with Crippen LogP contribution in [0.4, 0.5) is 0 Å². The van der Waals surface area contributed by atoms with Crippen LogP contribution in [0.2, 0.25) is 0 Å². The molecule has 0 spiro atoms. The summed E-state index contributed by atoms with van der Waals surface area (Å²) in [5.74, 6) is 0.347. The van der Waals surface area contributed by atoms with Crippen molar-refractivity contribution >= 4 is 37.9 Å². The first-order valence-electron chi connectivity index (χ1n) is 17.6. The number of pyridine rings is 2. The number of hydrogen-bond acceptors (Lipinski definition) is 2. The van der Waals surface area contributed by atoms with Crippen molar-refractivity contribution in [2.45, 2.75) is 38.5 Å². The van der Waals surface area contributed by atoms with Gasteiger partial charge >= 0.3 is 0 Å². The summed E-state index contributed by atoms with van der Waals surface area (Å²) in [5, 5.41) is 7.93. The average Bonchev–Trinajstić information content (AvgIpc) is 3.17. The number of allylic oxidation sites excluding steroid dienone is 4. The summed E-state index contributed by atoms with van der Waals surface area (Å²) >= 11 is 0. The van der Waals surface area contributed by atoms with Crippen LogP contribution in [-0.2, 0) is 5.41 Å². The molecule has 2 heteroatoms. The summed E-state index contributed by atoms with van der Waals surface area (Å²) in [6.45, 7) is 6.90. The van der Waals surface area contributed by atoms with Gasteiger partial charge in [-0.05, 0) is 119 Å². The molecule has 0 aliphatic heterocycles. The van der Waals surface area contributed by atoms with Crippen LogP contribution in [0.5, 0.6) is 0 Å². The molecule has 0 N–H and O–H groups in total. The summed E-state index contributed by atoms with van der Waals surface area (Å²) in [5.41, 5.74) is 12.4. The number of hydrogen-bond donors (Lipinski definition) is 0. The van der Waals surface area contributed by atoms with Gasteiger partial charge in [0.05, 0.1) is 5.69 Å². The van der Waals surface area contributed by atoms with E-state index in [4.69, 9.17) is 0 Å². The van der Waals surface area contributed by atoms with Crippen molar-refractivity contribution in [2.24, 2.45) is 0 Å². The van der Waals surface area contributed by atoms with Gasteiger partial charge in [-0.15, -0.1) is 0 Å². The van der Waals surface area contributed by atoms with E-state index in [1.165, 1.54) is 76.8 Å². The summed E-state index contributed by atoms with van der Waals surface area (Å²) in [7, 11) is 0. The Morgan fingerprint density at radius 1 is 0.580 bits per heavy atom. The van der Waals surface area contributed by atoms with Crippen molar-refractivity contribution < 1.29 is 0 Å². The molecule has 2 aromatic heterocycles. The SMILES string of the molecule is CC(C)(C)c1cc2ccc3c(C4=CCC(c5ccc(-c6ccncc6)cc5)C=C4)cc(-c4ccc(-c5ccccn5)cc4)c4ccc(c1)c2c34. The Labute approximate surface area is 293 Å². The molecule has 8 aromatic rings. The second-order valence-corrected chi connectivity index (χ2v) is 14.6. The quantitative estimate of drug-likeness (QED) is 0.175. The van der Waals surface area contributed by atoms with Crippen LogP contribution in [0.25, 0.3) is 71.4 Å². The van der Waals surface area contributed by atoms with Crippen molar-refractivity contribution in [1.29, 1.82) is 0 Å². The summed E-state index contributed by atoms with van der Waals surface area (Å²) in [6, 6.07) is 44.7. The highest BCUT2D eigenvalue weighted by molar-refractivity contribution is 6.27. The number of aromatic nitrogens is 2. The minimum absolute atomic E-state index is 0.0731. The van der Waals surface area contributed by atoms with Crippen molar-refractivity contribution in [3.63, 3.8) is 0 Å². The lowest BCUT2D eigenvalue weighted by atomic mass is 9.80. The van der Waals surface area contributed by atoms with Gasteiger partial charge in [-0.2, -0.15) is 0 Å². The van der Waals surface area contributed by atoms with E-state index in [-0.39, 0.29) is 5.41 Å². The highest BCUT2D eigenvalue weighted by atomic mass is 14.7. The van der Waals surface area contributed by atoms with Crippen LogP contribution in [0.3, 0.4) is 0 Å². The second kappa shape index (κ2) is 11.9. The Balaban J connectivity index is 1.16. The van der Waals surface area contributed by atoms with Crippen molar-refractivity contribution in [1.82, 2.24) is 9.97 Å². The molecule has 6 aromatic carbocycles. The van der Waals surface area contributed by atoms with Gasteiger partial charge in [0.25, 0.3) is 0 Å². The van der Waals surface area contributed by atoms with Gasteiger partial charge in [0.15, 0.2) is 0 Å². The highest BCUT2D eigenvalue weighted by Gasteiger charge is 2.21. The van der Waals surface area contributed by atoms with Crippen molar-refractivity contribution in [2.75, 3.05) is 0 Å².